The number of aryl methyl sites for hydroxylation is 1. The number of hydrogen-bond donors (Lipinski definition) is 2. The zero-order valence-electron chi connectivity index (χ0n) is 11.5. The topological polar surface area (TPSA) is 157 Å². The molecular formula is C11H7N9O3. The van der Waals surface area contributed by atoms with Crippen LogP contribution in [0.4, 0.5) is 0 Å². The van der Waals surface area contributed by atoms with Gasteiger partial charge in [0.15, 0.2) is 5.75 Å². The highest BCUT2D eigenvalue weighted by atomic mass is 16.5. The molecule has 0 aliphatic heterocycles. The first-order chi connectivity index (χ1) is 11.1. The first-order valence-corrected chi connectivity index (χ1v) is 6.02. The van der Waals surface area contributed by atoms with Crippen LogP contribution in [0.15, 0.2) is 12.4 Å². The van der Waals surface area contributed by atoms with E-state index < -0.39 is 5.97 Å². The highest BCUT2D eigenvalue weighted by molar-refractivity contribution is 5.87. The number of ether oxygens (including phenoxy) is 1. The van der Waals surface area contributed by atoms with Crippen molar-refractivity contribution in [1.82, 2.24) is 45.6 Å². The minimum absolute atomic E-state index is 0.187. The first kappa shape index (κ1) is 14.1. The SMILES string of the molecule is Cn1nnnc1C#Cc1ncc(Oc2nn[nH]c2C(=O)O)cn1. The molecule has 0 aromatic carbocycles. The molecule has 3 heterocycles. The number of hydrogen-bond acceptors (Lipinski definition) is 9. The molecule has 0 fully saturated rings. The highest BCUT2D eigenvalue weighted by Crippen LogP contribution is 2.19. The Bertz CT molecular complexity index is 903. The van der Waals surface area contributed by atoms with Gasteiger partial charge in [-0.3, -0.25) is 0 Å². The summed E-state index contributed by atoms with van der Waals surface area (Å²) in [6.45, 7) is 0. The number of aromatic amines is 1. The van der Waals surface area contributed by atoms with Crippen LogP contribution in [-0.4, -0.2) is 56.7 Å². The third-order valence-corrected chi connectivity index (χ3v) is 2.48. The summed E-state index contributed by atoms with van der Waals surface area (Å²) in [5.41, 5.74) is -0.274. The Hall–Kier alpha value is -3.88. The number of H-pyrrole nitrogens is 1. The summed E-state index contributed by atoms with van der Waals surface area (Å²) >= 11 is 0. The second kappa shape index (κ2) is 5.85. The van der Waals surface area contributed by atoms with Gasteiger partial charge in [0.05, 0.1) is 12.4 Å². The van der Waals surface area contributed by atoms with Crippen LogP contribution in [0, 0.1) is 11.8 Å². The van der Waals surface area contributed by atoms with Crippen molar-refractivity contribution in [2.24, 2.45) is 7.05 Å². The number of carboxylic acid groups (broad SMARTS) is 1. The lowest BCUT2D eigenvalue weighted by Gasteiger charge is -2.00. The molecule has 3 rings (SSSR count). The van der Waals surface area contributed by atoms with E-state index in [1.54, 1.807) is 7.05 Å². The van der Waals surface area contributed by atoms with E-state index in [1.807, 2.05) is 0 Å². The van der Waals surface area contributed by atoms with Crippen LogP contribution in [-0.2, 0) is 7.05 Å². The predicted molar refractivity (Wildman–Crippen MR) is 70.2 cm³/mol. The minimum atomic E-state index is -1.24. The number of aromatic carboxylic acids is 1. The summed E-state index contributed by atoms with van der Waals surface area (Å²) in [6.07, 6.45) is 2.65. The van der Waals surface area contributed by atoms with Crippen molar-refractivity contribution >= 4 is 5.97 Å². The van der Waals surface area contributed by atoms with E-state index in [1.165, 1.54) is 17.1 Å². The van der Waals surface area contributed by atoms with Gasteiger partial charge in [0, 0.05) is 7.05 Å². The monoisotopic (exact) mass is 313 g/mol. The number of tetrazole rings is 1. The van der Waals surface area contributed by atoms with Gasteiger partial charge in [-0.05, 0) is 22.3 Å². The van der Waals surface area contributed by atoms with E-state index in [9.17, 15) is 4.79 Å². The van der Waals surface area contributed by atoms with Crippen molar-refractivity contribution in [3.63, 3.8) is 0 Å². The van der Waals surface area contributed by atoms with E-state index in [-0.39, 0.29) is 23.1 Å². The van der Waals surface area contributed by atoms with E-state index >= 15 is 0 Å². The molecular weight excluding hydrogens is 306 g/mol. The fourth-order valence-electron chi connectivity index (χ4n) is 1.42. The lowest BCUT2D eigenvalue weighted by Crippen LogP contribution is -2.00. The number of carboxylic acids is 1. The maximum Gasteiger partial charge on any atom is 0.359 e. The van der Waals surface area contributed by atoms with Gasteiger partial charge in [0.2, 0.25) is 17.3 Å². The van der Waals surface area contributed by atoms with Crippen LogP contribution in [0.3, 0.4) is 0 Å². The quantitative estimate of drug-likeness (QED) is 0.575. The van der Waals surface area contributed by atoms with Gasteiger partial charge >= 0.3 is 5.97 Å². The second-order valence-corrected chi connectivity index (χ2v) is 4.02. The van der Waals surface area contributed by atoms with Crippen LogP contribution in [0.1, 0.15) is 22.1 Å². The second-order valence-electron chi connectivity index (χ2n) is 4.02. The molecule has 0 atom stereocenters. The third-order valence-electron chi connectivity index (χ3n) is 2.48. The van der Waals surface area contributed by atoms with Crippen molar-refractivity contribution in [2.45, 2.75) is 0 Å². The van der Waals surface area contributed by atoms with Gasteiger partial charge in [0.1, 0.15) is 0 Å². The molecule has 3 aromatic rings. The van der Waals surface area contributed by atoms with Crippen LogP contribution in [0.25, 0.3) is 0 Å². The molecule has 0 aliphatic carbocycles. The van der Waals surface area contributed by atoms with Gasteiger partial charge in [0.25, 0.3) is 5.88 Å². The van der Waals surface area contributed by atoms with Gasteiger partial charge < -0.3 is 9.84 Å². The molecule has 12 nitrogen and oxygen atoms in total. The third kappa shape index (κ3) is 3.08. The highest BCUT2D eigenvalue weighted by Gasteiger charge is 2.16. The Morgan fingerprint density at radius 1 is 1.30 bits per heavy atom. The Morgan fingerprint density at radius 2 is 2.09 bits per heavy atom. The summed E-state index contributed by atoms with van der Waals surface area (Å²) in [6, 6.07) is 0. The van der Waals surface area contributed by atoms with E-state index in [0.29, 0.717) is 5.82 Å². The Kier molecular flexibility index (Phi) is 3.58. The Labute approximate surface area is 127 Å². The summed E-state index contributed by atoms with van der Waals surface area (Å²) in [5, 5.41) is 28.8. The predicted octanol–water partition coefficient (Wildman–Crippen LogP) is -0.992. The van der Waals surface area contributed by atoms with Crippen molar-refractivity contribution in [2.75, 3.05) is 0 Å². The molecule has 3 aromatic heterocycles. The first-order valence-electron chi connectivity index (χ1n) is 6.02. The number of aromatic nitrogens is 9. The number of carbonyl (C=O) groups is 1. The zero-order chi connectivity index (χ0) is 16.2. The van der Waals surface area contributed by atoms with Crippen LogP contribution < -0.4 is 4.74 Å². The smallest absolute Gasteiger partial charge is 0.359 e. The van der Waals surface area contributed by atoms with E-state index in [2.05, 4.69) is 52.7 Å². The van der Waals surface area contributed by atoms with Gasteiger partial charge in [-0.1, -0.05) is 15.4 Å². The summed E-state index contributed by atoms with van der Waals surface area (Å²) in [4.78, 5) is 18.8. The fraction of sp³-hybridized carbons (Fsp3) is 0.0909. The fourth-order valence-corrected chi connectivity index (χ4v) is 1.42. The molecule has 23 heavy (non-hydrogen) atoms. The number of rotatable bonds is 3. The lowest BCUT2D eigenvalue weighted by molar-refractivity contribution is 0.0687. The molecule has 0 saturated heterocycles. The van der Waals surface area contributed by atoms with Crippen molar-refractivity contribution in [3.8, 4) is 23.5 Å². The molecule has 114 valence electrons. The maximum atomic E-state index is 10.9. The minimum Gasteiger partial charge on any atom is -0.476 e. The molecule has 12 heteroatoms. The maximum absolute atomic E-state index is 10.9. The Morgan fingerprint density at radius 3 is 2.74 bits per heavy atom. The van der Waals surface area contributed by atoms with E-state index in [4.69, 9.17) is 9.84 Å². The normalized spacial score (nSPS) is 9.96. The summed E-state index contributed by atoms with van der Waals surface area (Å²) in [5.74, 6) is 4.73. The standard InChI is InChI=1S/C11H7N9O3/c1-20-8(14-18-19-20)3-2-7-12-4-6(5-13-7)23-10-9(11(21)22)15-17-16-10/h4-5H,1H3,(H,21,22)(H,15,16,17). The van der Waals surface area contributed by atoms with Crippen molar-refractivity contribution in [3.05, 3.63) is 29.7 Å². The molecule has 0 aliphatic rings. The van der Waals surface area contributed by atoms with Crippen LogP contribution in [0.5, 0.6) is 11.6 Å². The average Bonchev–Trinajstić information content (AvgIpc) is 3.16. The number of nitrogens with zero attached hydrogens (tertiary/aromatic N) is 8. The van der Waals surface area contributed by atoms with Crippen LogP contribution >= 0.6 is 0 Å². The Balaban J connectivity index is 1.75. The van der Waals surface area contributed by atoms with Gasteiger partial charge in [-0.15, -0.1) is 0 Å². The summed E-state index contributed by atoms with van der Waals surface area (Å²) in [7, 11) is 1.65. The average molecular weight is 313 g/mol. The molecule has 0 unspecified atom stereocenters. The van der Waals surface area contributed by atoms with Gasteiger partial charge in [-0.2, -0.15) is 0 Å². The molecule has 2 N–H and O–H groups in total. The lowest BCUT2D eigenvalue weighted by atomic mass is 10.4. The largest absolute Gasteiger partial charge is 0.476 e. The molecule has 0 amide bonds. The molecule has 0 spiro atoms. The van der Waals surface area contributed by atoms with Crippen molar-refractivity contribution in [1.29, 1.82) is 0 Å². The molecule has 0 saturated carbocycles. The van der Waals surface area contributed by atoms with E-state index in [0.717, 1.165) is 0 Å². The summed E-state index contributed by atoms with van der Waals surface area (Å²) < 4.78 is 6.65. The van der Waals surface area contributed by atoms with Crippen LogP contribution in [0.2, 0.25) is 0 Å². The zero-order valence-corrected chi connectivity index (χ0v) is 11.5. The molecule has 0 radical (unpaired) electrons. The van der Waals surface area contributed by atoms with Gasteiger partial charge in [-0.25, -0.2) is 24.5 Å². The van der Waals surface area contributed by atoms with Crippen molar-refractivity contribution < 1.29 is 14.6 Å². The number of nitrogens with one attached hydrogen (secondary N) is 1. The molecule has 0 bridgehead atoms.